The Hall–Kier alpha value is -2.83. The average molecular weight is 639 g/mol. The number of carbonyl (C=O) groups is 5. The van der Waals surface area contributed by atoms with Gasteiger partial charge in [-0.15, -0.1) is 12.4 Å². The van der Waals surface area contributed by atoms with Crippen LogP contribution < -0.4 is 26.6 Å². The third kappa shape index (κ3) is 11.3. The van der Waals surface area contributed by atoms with E-state index in [1.807, 2.05) is 50.4 Å². The van der Waals surface area contributed by atoms with E-state index in [4.69, 9.17) is 0 Å². The molecule has 2 aliphatic rings. The number of rotatable bonds is 7. The van der Waals surface area contributed by atoms with Gasteiger partial charge in [-0.1, -0.05) is 44.2 Å². The molecule has 240 valence electrons. The number of nitrogens with one attached hydrogen (secondary N) is 5. The van der Waals surface area contributed by atoms with Gasteiger partial charge < -0.3 is 31.5 Å². The molecule has 0 spiro atoms. The zero-order chi connectivity index (χ0) is 30.6. The lowest BCUT2D eigenvalue weighted by atomic mass is 9.95. The minimum atomic E-state index is -0.902. The topological polar surface area (TPSA) is 149 Å². The Balaban J connectivity index is 0.00000645. The molecule has 1 aromatic carbocycles. The van der Waals surface area contributed by atoms with Gasteiger partial charge in [0.15, 0.2) is 0 Å². The predicted octanol–water partition coefficient (Wildman–Crippen LogP) is 0.861. The Labute approximate surface area is 265 Å². The maximum atomic E-state index is 13.8. The van der Waals surface area contributed by atoms with E-state index in [-0.39, 0.29) is 43.2 Å². The van der Waals surface area contributed by atoms with E-state index in [0.717, 1.165) is 5.56 Å². The number of benzene rings is 1. The molecule has 13 heteroatoms. The number of amides is 5. The molecule has 5 amide bonds. The van der Waals surface area contributed by atoms with E-state index in [9.17, 15) is 24.0 Å². The molecule has 0 saturated carbocycles. The van der Waals surface area contributed by atoms with Crippen LogP contribution in [0.4, 0.5) is 0 Å². The van der Waals surface area contributed by atoms with Gasteiger partial charge in [0, 0.05) is 12.5 Å². The zero-order valence-corrected chi connectivity index (χ0v) is 27.2. The summed E-state index contributed by atoms with van der Waals surface area (Å²) < 4.78 is 0. The van der Waals surface area contributed by atoms with Crippen molar-refractivity contribution in [3.8, 4) is 0 Å². The molecule has 0 aliphatic carbocycles. The van der Waals surface area contributed by atoms with Crippen LogP contribution >= 0.6 is 24.2 Å². The second kappa shape index (κ2) is 18.1. The van der Waals surface area contributed by atoms with Crippen LogP contribution in [0.1, 0.15) is 45.6 Å². The monoisotopic (exact) mass is 638 g/mol. The van der Waals surface area contributed by atoms with Crippen molar-refractivity contribution in [3.63, 3.8) is 0 Å². The van der Waals surface area contributed by atoms with Crippen LogP contribution in [-0.4, -0.2) is 96.8 Å². The number of carbonyl (C=O) groups excluding carboxylic acids is 5. The lowest BCUT2D eigenvalue weighted by Crippen LogP contribution is -2.57. The molecule has 1 aromatic rings. The molecular weight excluding hydrogens is 592 g/mol. The van der Waals surface area contributed by atoms with E-state index < -0.39 is 47.8 Å². The second-order valence-corrected chi connectivity index (χ2v) is 12.5. The van der Waals surface area contributed by atoms with E-state index in [0.29, 0.717) is 44.5 Å². The highest BCUT2D eigenvalue weighted by molar-refractivity contribution is 7.98. The van der Waals surface area contributed by atoms with Crippen molar-refractivity contribution in [2.75, 3.05) is 38.2 Å². The molecule has 4 atom stereocenters. The maximum Gasteiger partial charge on any atom is 0.243 e. The SMILES string of the molecule is CSCC[C@@H]1NC(=O)[C@H](C(C)C)NC(=O)CN(C(=O)C2CCNCC2)C[C@@H](Cc2ccccc2)NC(=O)[C@H](C)NC1=O.Cl. The highest BCUT2D eigenvalue weighted by Crippen LogP contribution is 2.17. The Morgan fingerprint density at radius 2 is 1.63 bits per heavy atom. The molecule has 2 heterocycles. The molecule has 2 fully saturated rings. The van der Waals surface area contributed by atoms with Gasteiger partial charge in [0.1, 0.15) is 18.1 Å². The largest absolute Gasteiger partial charge is 0.349 e. The minimum Gasteiger partial charge on any atom is -0.349 e. The molecule has 43 heavy (non-hydrogen) atoms. The van der Waals surface area contributed by atoms with Gasteiger partial charge in [0.2, 0.25) is 29.5 Å². The highest BCUT2D eigenvalue weighted by Gasteiger charge is 2.34. The third-order valence-electron chi connectivity index (χ3n) is 7.71. The van der Waals surface area contributed by atoms with Gasteiger partial charge in [-0.05, 0) is 69.2 Å². The quantitative estimate of drug-likeness (QED) is 0.298. The first kappa shape index (κ1) is 36.4. The third-order valence-corrected chi connectivity index (χ3v) is 8.35. The second-order valence-electron chi connectivity index (χ2n) is 11.5. The van der Waals surface area contributed by atoms with E-state index in [2.05, 4.69) is 26.6 Å². The van der Waals surface area contributed by atoms with E-state index in [1.165, 1.54) is 16.7 Å². The fraction of sp³-hybridized carbons (Fsp3) is 0.633. The Kier molecular flexibility index (Phi) is 15.3. The molecule has 0 aromatic heterocycles. The van der Waals surface area contributed by atoms with Crippen LogP contribution in [0.15, 0.2) is 30.3 Å². The van der Waals surface area contributed by atoms with E-state index >= 15 is 0 Å². The first-order valence-corrected chi connectivity index (χ1v) is 16.2. The van der Waals surface area contributed by atoms with Crippen molar-refractivity contribution in [3.05, 3.63) is 35.9 Å². The number of hydrogen-bond acceptors (Lipinski definition) is 7. The van der Waals surface area contributed by atoms with Crippen LogP contribution in [0.2, 0.25) is 0 Å². The summed E-state index contributed by atoms with van der Waals surface area (Å²) in [6.07, 6.45) is 4.01. The van der Waals surface area contributed by atoms with Crippen molar-refractivity contribution in [1.29, 1.82) is 0 Å². The maximum absolute atomic E-state index is 13.8. The Morgan fingerprint density at radius 3 is 2.26 bits per heavy atom. The number of nitrogens with zero attached hydrogens (tertiary/aromatic N) is 1. The average Bonchev–Trinajstić information content (AvgIpc) is 2.97. The smallest absolute Gasteiger partial charge is 0.243 e. The number of piperidine rings is 1. The van der Waals surface area contributed by atoms with Crippen LogP contribution in [0.25, 0.3) is 0 Å². The molecule has 2 aliphatic heterocycles. The summed E-state index contributed by atoms with van der Waals surface area (Å²) >= 11 is 1.54. The Morgan fingerprint density at radius 1 is 0.953 bits per heavy atom. The normalized spacial score (nSPS) is 24.9. The van der Waals surface area contributed by atoms with E-state index in [1.54, 1.807) is 6.92 Å². The van der Waals surface area contributed by atoms with Gasteiger partial charge >= 0.3 is 0 Å². The van der Waals surface area contributed by atoms with Crippen LogP contribution in [0.3, 0.4) is 0 Å². The molecule has 0 unspecified atom stereocenters. The van der Waals surface area contributed by atoms with Crippen molar-refractivity contribution in [2.45, 2.75) is 70.6 Å². The van der Waals surface area contributed by atoms with Crippen LogP contribution in [0, 0.1) is 11.8 Å². The lowest BCUT2D eigenvalue weighted by Gasteiger charge is -2.33. The first-order valence-electron chi connectivity index (χ1n) is 14.8. The number of halogens is 1. The lowest BCUT2D eigenvalue weighted by molar-refractivity contribution is -0.141. The fourth-order valence-electron chi connectivity index (χ4n) is 5.28. The van der Waals surface area contributed by atoms with Crippen molar-refractivity contribution in [1.82, 2.24) is 31.5 Å². The summed E-state index contributed by atoms with van der Waals surface area (Å²) in [5.41, 5.74) is 0.961. The highest BCUT2D eigenvalue weighted by atomic mass is 35.5. The van der Waals surface area contributed by atoms with Crippen molar-refractivity contribution in [2.24, 2.45) is 11.8 Å². The standard InChI is InChI=1S/C30H46N6O5S.ClH/c1-19(2)26-29(40)34-24(12-15-42-4)28(39)32-20(3)27(38)33-23(16-21-8-6-5-7-9-21)17-36(18-25(37)35-26)30(41)22-10-13-31-14-11-22;/h5-9,19-20,22-24,26,31H,10-18H2,1-4H3,(H,32,39)(H,33,38)(H,34,40)(H,35,37);1H/t20-,23+,24-,26-;/m0./s1. The first-order chi connectivity index (χ1) is 20.1. The predicted molar refractivity (Wildman–Crippen MR) is 171 cm³/mol. The molecule has 5 N–H and O–H groups in total. The van der Waals surface area contributed by atoms with Gasteiger partial charge in [0.05, 0.1) is 12.6 Å². The molecule has 3 rings (SSSR count). The van der Waals surface area contributed by atoms with Crippen LogP contribution in [0.5, 0.6) is 0 Å². The summed E-state index contributed by atoms with van der Waals surface area (Å²) in [5.74, 6) is -1.87. The minimum absolute atomic E-state index is 0. The Bertz CT molecular complexity index is 1090. The molecule has 0 bridgehead atoms. The number of hydrogen-bond donors (Lipinski definition) is 5. The summed E-state index contributed by atoms with van der Waals surface area (Å²) in [7, 11) is 0. The van der Waals surface area contributed by atoms with Gasteiger partial charge in [0.25, 0.3) is 0 Å². The zero-order valence-electron chi connectivity index (χ0n) is 25.5. The fourth-order valence-corrected chi connectivity index (χ4v) is 5.76. The van der Waals surface area contributed by atoms with Gasteiger partial charge in [-0.25, -0.2) is 0 Å². The summed E-state index contributed by atoms with van der Waals surface area (Å²) in [4.78, 5) is 68.6. The molecule has 2 saturated heterocycles. The summed E-state index contributed by atoms with van der Waals surface area (Å²) in [6, 6.07) is 6.42. The summed E-state index contributed by atoms with van der Waals surface area (Å²) in [6.45, 7) is 6.51. The molecule has 11 nitrogen and oxygen atoms in total. The van der Waals surface area contributed by atoms with Gasteiger partial charge in [-0.2, -0.15) is 11.8 Å². The summed E-state index contributed by atoms with van der Waals surface area (Å²) in [5, 5.41) is 14.6. The van der Waals surface area contributed by atoms with Crippen molar-refractivity contribution >= 4 is 53.7 Å². The van der Waals surface area contributed by atoms with Gasteiger partial charge in [-0.3, -0.25) is 24.0 Å². The molecular formula is C30H47ClN6O5S. The number of thioether (sulfide) groups is 1. The van der Waals surface area contributed by atoms with Crippen molar-refractivity contribution < 1.29 is 24.0 Å². The van der Waals surface area contributed by atoms with Crippen LogP contribution in [-0.2, 0) is 30.4 Å². The molecule has 0 radical (unpaired) electrons.